The summed E-state index contributed by atoms with van der Waals surface area (Å²) in [6, 6.07) is 2.16. The van der Waals surface area contributed by atoms with Crippen LogP contribution in [-0.2, 0) is 43.2 Å². The van der Waals surface area contributed by atoms with Crippen LogP contribution in [0.15, 0.2) is 24.3 Å². The van der Waals surface area contributed by atoms with Crippen LogP contribution in [-0.4, -0.2) is 149 Å². The Morgan fingerprint density at radius 1 is 0.624 bits per heavy atom. The van der Waals surface area contributed by atoms with Gasteiger partial charge in [0.15, 0.2) is 0 Å². The van der Waals surface area contributed by atoms with E-state index < -0.39 is 99.9 Å². The van der Waals surface area contributed by atoms with Crippen LogP contribution in [0.3, 0.4) is 0 Å². The van der Waals surface area contributed by atoms with E-state index >= 15 is 0 Å². The van der Waals surface area contributed by atoms with Crippen molar-refractivity contribution in [1.82, 2.24) is 57.7 Å². The second kappa shape index (κ2) is 32.0. The monoisotopic (exact) mass is 1190 g/mol. The Bertz CT molecular complexity index is 2470. The molecule has 21 nitrogen and oxygen atoms in total. The normalized spacial score (nSPS) is 17.9. The number of rotatable bonds is 32. The number of hydrogen-bond donors (Lipinski definition) is 9. The first-order chi connectivity index (χ1) is 39.6. The zero-order chi connectivity index (χ0) is 63.6. The van der Waals surface area contributed by atoms with E-state index in [1.54, 1.807) is 0 Å². The van der Waals surface area contributed by atoms with Gasteiger partial charge in [0, 0.05) is 44.1 Å². The molecule has 0 unspecified atom stereocenters. The number of nitrogens with one attached hydrogen (secondary N) is 9. The zero-order valence-electron chi connectivity index (χ0n) is 53.5. The second-order valence-electron chi connectivity index (χ2n) is 27.5. The molecule has 0 aromatic heterocycles. The third kappa shape index (κ3) is 22.9. The van der Waals surface area contributed by atoms with E-state index in [9.17, 15) is 52.3 Å². The van der Waals surface area contributed by atoms with Crippen molar-refractivity contribution in [3.05, 3.63) is 35.6 Å². The molecule has 0 spiro atoms. The highest BCUT2D eigenvalue weighted by Gasteiger charge is 2.42. The van der Waals surface area contributed by atoms with Crippen LogP contribution in [0.4, 0.5) is 4.39 Å². The third-order valence-corrected chi connectivity index (χ3v) is 16.3. The number of carbonyl (C=O) groups excluding carboxylic acids is 10. The lowest BCUT2D eigenvalue weighted by Gasteiger charge is -2.44. The Balaban J connectivity index is 1.39. The van der Waals surface area contributed by atoms with Gasteiger partial charge >= 0.3 is 0 Å². The maximum absolute atomic E-state index is 14.4. The molecule has 1 aromatic rings. The summed E-state index contributed by atoms with van der Waals surface area (Å²) in [6.45, 7) is 21.4. The standard InChI is InChI=1S/C63H104FN11O10/c1-39(2)34-45(66-52(78)46(28-23-42-20-16-15-17-21-42)53(79)69-49-22-18-33-75(49)56(82)43-24-26-44(64)27-25-43)37-51(77)70-61(9,10)58(84)68-47(35-40(3)4)54(80)67-48(36-41(5)6)55(81)72-62(11,12)59(85)73-60(7,8)57(83)65-32-29-50(76)71-63(30-19-31-63)38-74(13)14/h24-27,39-42,45-49H,15-23,28-38H2,1-14H3,(H,65,83)(H,66,78)(H,67,80)(H,68,84)(H,69,79)(H,70,77)(H,71,76)(H,72,81)(H,73,85)/t45-,46-,47-,48-,49-/m0/s1. The molecule has 9 N–H and O–H groups in total. The molecule has 85 heavy (non-hydrogen) atoms. The van der Waals surface area contributed by atoms with Gasteiger partial charge in [0.05, 0.1) is 5.54 Å². The highest BCUT2D eigenvalue weighted by atomic mass is 19.1. The molecule has 10 amide bonds. The highest BCUT2D eigenvalue weighted by molar-refractivity contribution is 6.02. The molecule has 0 radical (unpaired) electrons. The predicted molar refractivity (Wildman–Crippen MR) is 324 cm³/mol. The first-order valence-corrected chi connectivity index (χ1v) is 31.1. The largest absolute Gasteiger partial charge is 0.354 e. The zero-order valence-corrected chi connectivity index (χ0v) is 53.5. The molecule has 5 atom stereocenters. The van der Waals surface area contributed by atoms with Crippen molar-refractivity contribution in [2.75, 3.05) is 33.7 Å². The van der Waals surface area contributed by atoms with Crippen LogP contribution in [0.1, 0.15) is 203 Å². The summed E-state index contributed by atoms with van der Waals surface area (Å²) in [5.74, 6) is -6.89. The summed E-state index contributed by atoms with van der Waals surface area (Å²) >= 11 is 0. The molecule has 3 fully saturated rings. The van der Waals surface area contributed by atoms with Gasteiger partial charge in [0.25, 0.3) is 5.91 Å². The number of likely N-dealkylation sites (N-methyl/N-ethyl adjacent to an activating group) is 1. The molecule has 0 bridgehead atoms. The fourth-order valence-corrected chi connectivity index (χ4v) is 11.6. The van der Waals surface area contributed by atoms with Crippen LogP contribution in [0.25, 0.3) is 0 Å². The Labute approximate surface area is 504 Å². The average molecular weight is 1190 g/mol. The maximum Gasteiger partial charge on any atom is 0.255 e. The van der Waals surface area contributed by atoms with Crippen molar-refractivity contribution in [2.24, 2.45) is 29.6 Å². The van der Waals surface area contributed by atoms with E-state index in [4.69, 9.17) is 0 Å². The van der Waals surface area contributed by atoms with Crippen molar-refractivity contribution in [1.29, 1.82) is 0 Å². The molecule has 478 valence electrons. The molecular formula is C63H104FN11O10. The van der Waals surface area contributed by atoms with Crippen molar-refractivity contribution < 1.29 is 52.3 Å². The van der Waals surface area contributed by atoms with Crippen LogP contribution in [0, 0.1) is 35.4 Å². The summed E-state index contributed by atoms with van der Waals surface area (Å²) in [5, 5.41) is 25.7. The van der Waals surface area contributed by atoms with Crippen molar-refractivity contribution in [2.45, 2.75) is 239 Å². The minimum absolute atomic E-state index is 0.00891. The average Bonchev–Trinajstić information content (AvgIpc) is 3.21. The molecule has 1 saturated heterocycles. The Hall–Kier alpha value is -6.19. The van der Waals surface area contributed by atoms with E-state index in [1.165, 1.54) is 70.7 Å². The molecule has 1 aliphatic heterocycles. The quantitative estimate of drug-likeness (QED) is 0.0420. The number of likely N-dealkylation sites (tertiary alicyclic amines) is 1. The molecule has 1 heterocycles. The molecule has 4 rings (SSSR count). The van der Waals surface area contributed by atoms with Gasteiger partial charge < -0.3 is 57.7 Å². The molecule has 2 saturated carbocycles. The topological polar surface area (TPSA) is 285 Å². The van der Waals surface area contributed by atoms with Gasteiger partial charge in [-0.1, -0.05) is 73.6 Å². The van der Waals surface area contributed by atoms with Gasteiger partial charge in [0.2, 0.25) is 53.2 Å². The third-order valence-electron chi connectivity index (χ3n) is 16.3. The minimum Gasteiger partial charge on any atom is -0.354 e. The maximum atomic E-state index is 14.4. The van der Waals surface area contributed by atoms with Crippen molar-refractivity contribution >= 4 is 59.1 Å². The fraction of sp³-hybridized carbons (Fsp3) is 0.746. The van der Waals surface area contributed by atoms with Crippen LogP contribution in [0.2, 0.25) is 0 Å². The van der Waals surface area contributed by atoms with Crippen molar-refractivity contribution in [3.8, 4) is 0 Å². The highest BCUT2D eigenvalue weighted by Crippen LogP contribution is 2.33. The van der Waals surface area contributed by atoms with E-state index in [1.807, 2.05) is 60.5 Å². The second-order valence-corrected chi connectivity index (χ2v) is 27.5. The molecule has 3 aliphatic rings. The number of hydrogen-bond acceptors (Lipinski definition) is 11. The van der Waals surface area contributed by atoms with Crippen molar-refractivity contribution in [3.63, 3.8) is 0 Å². The Kier molecular flexibility index (Phi) is 26.8. The van der Waals surface area contributed by atoms with Crippen LogP contribution >= 0.6 is 0 Å². The number of nitrogens with zero attached hydrogens (tertiary/aromatic N) is 2. The number of carbonyl (C=O) groups is 10. The summed E-state index contributed by atoms with van der Waals surface area (Å²) < 4.78 is 13.7. The van der Waals surface area contributed by atoms with Gasteiger partial charge in [-0.2, -0.15) is 0 Å². The van der Waals surface area contributed by atoms with Gasteiger partial charge in [-0.25, -0.2) is 4.39 Å². The van der Waals surface area contributed by atoms with E-state index in [-0.39, 0.29) is 79.3 Å². The summed E-state index contributed by atoms with van der Waals surface area (Å²) in [6.07, 6.45) is 9.95. The van der Waals surface area contributed by atoms with Crippen LogP contribution in [0.5, 0.6) is 0 Å². The number of amides is 10. The Morgan fingerprint density at radius 2 is 1.20 bits per heavy atom. The lowest BCUT2D eigenvalue weighted by molar-refractivity contribution is -0.139. The fourth-order valence-electron chi connectivity index (χ4n) is 11.6. The predicted octanol–water partition coefficient (Wildman–Crippen LogP) is 5.25. The lowest BCUT2D eigenvalue weighted by atomic mass is 9.76. The van der Waals surface area contributed by atoms with E-state index in [0.29, 0.717) is 38.1 Å². The number of halogens is 1. The first-order valence-electron chi connectivity index (χ1n) is 31.1. The minimum atomic E-state index is -1.59. The molecule has 1 aromatic carbocycles. The molecule has 22 heteroatoms. The summed E-state index contributed by atoms with van der Waals surface area (Å²) in [7, 11) is 3.91. The number of benzene rings is 1. The molecule has 2 aliphatic carbocycles. The molecular weight excluding hydrogens is 1090 g/mol. The lowest BCUT2D eigenvalue weighted by Crippen LogP contribution is -2.65. The van der Waals surface area contributed by atoms with Crippen LogP contribution < -0.4 is 47.9 Å². The van der Waals surface area contributed by atoms with E-state index in [2.05, 4.69) is 47.9 Å². The smallest absolute Gasteiger partial charge is 0.255 e. The SMILES string of the molecule is CC(C)C[C@@H](CC(=O)NC(C)(C)C(=O)N[C@@H](CC(C)C)C(=O)N[C@@H](CC(C)C)C(=O)NC(C)(C)C(=O)NC(C)(C)C(=O)NCCC(=O)NC1(CN(C)C)CCC1)NC(=O)[C@H](CCC1CCCCC1)C(=O)N[C@@H]1CCCN1C(=O)c1ccc(F)cc1. The Morgan fingerprint density at radius 3 is 1.76 bits per heavy atom. The van der Waals surface area contributed by atoms with Gasteiger partial charge in [-0.05, 0) is 168 Å². The van der Waals surface area contributed by atoms with Gasteiger partial charge in [-0.3, -0.25) is 47.9 Å². The first kappa shape index (κ1) is 71.3. The van der Waals surface area contributed by atoms with E-state index in [0.717, 1.165) is 57.9 Å². The van der Waals surface area contributed by atoms with Gasteiger partial charge in [0.1, 0.15) is 46.6 Å². The summed E-state index contributed by atoms with van der Waals surface area (Å²) in [4.78, 5) is 142. The summed E-state index contributed by atoms with van der Waals surface area (Å²) in [5.41, 5.74) is -4.61. The van der Waals surface area contributed by atoms with Gasteiger partial charge in [-0.15, -0.1) is 0 Å².